The van der Waals surface area contributed by atoms with E-state index >= 15 is 0 Å². The van der Waals surface area contributed by atoms with Crippen molar-refractivity contribution in [1.82, 2.24) is 0 Å². The Morgan fingerprint density at radius 1 is 1.25 bits per heavy atom. The quantitative estimate of drug-likeness (QED) is 0.654. The van der Waals surface area contributed by atoms with E-state index in [-0.39, 0.29) is 5.41 Å². The highest BCUT2D eigenvalue weighted by Crippen LogP contribution is 2.47. The Morgan fingerprint density at radius 3 is 2.90 bits per heavy atom. The van der Waals surface area contributed by atoms with E-state index in [2.05, 4.69) is 61.9 Å². The third kappa shape index (κ3) is 1.41. The third-order valence-corrected chi connectivity index (χ3v) is 5.50. The van der Waals surface area contributed by atoms with Gasteiger partial charge in [0.25, 0.3) is 0 Å². The zero-order valence-electron chi connectivity index (χ0n) is 12.6. The van der Waals surface area contributed by atoms with Gasteiger partial charge in [-0.05, 0) is 30.2 Å². The summed E-state index contributed by atoms with van der Waals surface area (Å²) in [7, 11) is 0. The number of hydrogen-bond donors (Lipinski definition) is 0. The van der Waals surface area contributed by atoms with E-state index in [0.717, 1.165) is 6.54 Å². The van der Waals surface area contributed by atoms with Crippen LogP contribution in [0.2, 0.25) is 0 Å². The lowest BCUT2D eigenvalue weighted by atomic mass is 9.73. The van der Waals surface area contributed by atoms with Crippen LogP contribution in [0.1, 0.15) is 50.7 Å². The second-order valence-electron chi connectivity index (χ2n) is 6.77. The topological polar surface area (TPSA) is 3.01 Å². The van der Waals surface area contributed by atoms with Crippen molar-refractivity contribution in [2.24, 2.45) is 0 Å². The molecule has 2 aliphatic rings. The van der Waals surface area contributed by atoms with Gasteiger partial charge < -0.3 is 0 Å². The van der Waals surface area contributed by atoms with E-state index in [1.54, 1.807) is 5.56 Å². The largest absolute Gasteiger partial charge is 0.216 e. The van der Waals surface area contributed by atoms with E-state index in [4.69, 9.17) is 0 Å². The van der Waals surface area contributed by atoms with E-state index in [9.17, 15) is 0 Å². The molecular formula is C19H22N+. The molecule has 0 saturated heterocycles. The molecule has 0 aromatic heterocycles. The predicted octanol–water partition coefficient (Wildman–Crippen LogP) is 4.74. The minimum absolute atomic E-state index is 0.266. The van der Waals surface area contributed by atoms with Gasteiger partial charge in [0.05, 0.1) is 10.8 Å². The second kappa shape index (κ2) is 3.94. The van der Waals surface area contributed by atoms with Gasteiger partial charge in [-0.3, -0.25) is 0 Å². The summed E-state index contributed by atoms with van der Waals surface area (Å²) >= 11 is 0. The molecule has 2 aromatic carbocycles. The maximum absolute atomic E-state index is 2.54. The van der Waals surface area contributed by atoms with Crippen LogP contribution in [-0.4, -0.2) is 17.3 Å². The zero-order chi connectivity index (χ0) is 13.9. The molecule has 1 heteroatoms. The highest BCUT2D eigenvalue weighted by Gasteiger charge is 2.41. The third-order valence-electron chi connectivity index (χ3n) is 5.50. The maximum atomic E-state index is 2.54. The van der Waals surface area contributed by atoms with Crippen molar-refractivity contribution < 1.29 is 4.58 Å². The van der Waals surface area contributed by atoms with E-state index in [1.807, 2.05) is 0 Å². The van der Waals surface area contributed by atoms with Crippen LogP contribution in [0, 0.1) is 0 Å². The van der Waals surface area contributed by atoms with Crippen molar-refractivity contribution in [3.05, 3.63) is 41.5 Å². The average Bonchev–Trinajstić information content (AvgIpc) is 2.48. The summed E-state index contributed by atoms with van der Waals surface area (Å²) in [5, 5.41) is 2.90. The molecule has 2 aromatic rings. The fourth-order valence-corrected chi connectivity index (χ4v) is 4.00. The van der Waals surface area contributed by atoms with E-state index < -0.39 is 0 Å². The van der Waals surface area contributed by atoms with Crippen molar-refractivity contribution >= 4 is 22.7 Å². The Morgan fingerprint density at radius 2 is 2.10 bits per heavy atom. The molecule has 0 saturated carbocycles. The van der Waals surface area contributed by atoms with Crippen LogP contribution in [0.25, 0.3) is 10.8 Å². The first kappa shape index (κ1) is 12.1. The SMILES string of the molecule is CCC1(C)C[N+]2=CCC(C)c3ccc4cccc1c4c32. The van der Waals surface area contributed by atoms with Crippen LogP contribution < -0.4 is 0 Å². The van der Waals surface area contributed by atoms with Crippen LogP contribution >= 0.6 is 0 Å². The zero-order valence-corrected chi connectivity index (χ0v) is 12.6. The van der Waals surface area contributed by atoms with Gasteiger partial charge in [0.15, 0.2) is 6.54 Å². The summed E-state index contributed by atoms with van der Waals surface area (Å²) in [4.78, 5) is 0. The van der Waals surface area contributed by atoms with Crippen molar-refractivity contribution in [3.8, 4) is 0 Å². The molecule has 0 amide bonds. The molecule has 2 unspecified atom stereocenters. The summed E-state index contributed by atoms with van der Waals surface area (Å²) in [6.45, 7) is 8.21. The average molecular weight is 264 g/mol. The molecule has 4 rings (SSSR count). The number of nitrogens with zero attached hydrogens (tertiary/aromatic N) is 1. The molecule has 1 nitrogen and oxygen atoms in total. The van der Waals surface area contributed by atoms with E-state index in [0.29, 0.717) is 5.92 Å². The summed E-state index contributed by atoms with van der Waals surface area (Å²) in [6.07, 6.45) is 4.78. The van der Waals surface area contributed by atoms with Gasteiger partial charge in [0.2, 0.25) is 5.69 Å². The molecule has 0 N–H and O–H groups in total. The van der Waals surface area contributed by atoms with Gasteiger partial charge in [-0.1, -0.05) is 44.2 Å². The molecule has 0 bridgehead atoms. The standard InChI is InChI=1S/C19H22N/c1-4-19(3)12-20-11-10-13(2)15-9-8-14-6-5-7-16(19)17(14)18(15)20/h5-9,11,13H,4,10,12H2,1-3H3/q+1. The lowest BCUT2D eigenvalue weighted by Gasteiger charge is -2.34. The summed E-state index contributed by atoms with van der Waals surface area (Å²) in [5.41, 5.74) is 4.84. The molecule has 20 heavy (non-hydrogen) atoms. The highest BCUT2D eigenvalue weighted by atomic mass is 15.0. The van der Waals surface area contributed by atoms with Crippen LogP contribution in [0.3, 0.4) is 0 Å². The molecule has 102 valence electrons. The molecule has 0 aliphatic carbocycles. The number of benzene rings is 2. The first-order chi connectivity index (χ1) is 9.64. The van der Waals surface area contributed by atoms with Crippen LogP contribution in [0.4, 0.5) is 5.69 Å². The lowest BCUT2D eigenvalue weighted by molar-refractivity contribution is -0.452. The van der Waals surface area contributed by atoms with Gasteiger partial charge in [0, 0.05) is 12.0 Å². The minimum Gasteiger partial charge on any atom is -0.201 e. The van der Waals surface area contributed by atoms with Crippen LogP contribution in [0.5, 0.6) is 0 Å². The summed E-state index contributed by atoms with van der Waals surface area (Å²) < 4.78 is 2.54. The van der Waals surface area contributed by atoms with Crippen molar-refractivity contribution in [3.63, 3.8) is 0 Å². The molecule has 0 radical (unpaired) electrons. The minimum atomic E-state index is 0.266. The van der Waals surface area contributed by atoms with Crippen molar-refractivity contribution in [2.75, 3.05) is 6.54 Å². The van der Waals surface area contributed by atoms with Gasteiger partial charge in [0.1, 0.15) is 6.21 Å². The molecule has 0 fully saturated rings. The number of rotatable bonds is 1. The fourth-order valence-electron chi connectivity index (χ4n) is 4.00. The van der Waals surface area contributed by atoms with Gasteiger partial charge in [-0.25, -0.2) is 4.58 Å². The molecule has 2 atom stereocenters. The van der Waals surface area contributed by atoms with Crippen LogP contribution in [-0.2, 0) is 5.41 Å². The van der Waals surface area contributed by atoms with Crippen molar-refractivity contribution in [2.45, 2.75) is 44.9 Å². The van der Waals surface area contributed by atoms with Crippen LogP contribution in [0.15, 0.2) is 30.3 Å². The molecule has 2 aliphatic heterocycles. The number of hydrogen-bond acceptors (Lipinski definition) is 0. The Bertz CT molecular complexity index is 741. The molecule has 0 spiro atoms. The molecule has 2 heterocycles. The second-order valence-corrected chi connectivity index (χ2v) is 6.77. The Labute approximate surface area is 120 Å². The highest BCUT2D eigenvalue weighted by molar-refractivity contribution is 5.97. The smallest absolute Gasteiger partial charge is 0.201 e. The van der Waals surface area contributed by atoms with Gasteiger partial charge >= 0.3 is 0 Å². The summed E-state index contributed by atoms with van der Waals surface area (Å²) in [5.74, 6) is 0.643. The lowest BCUT2D eigenvalue weighted by Crippen LogP contribution is -2.37. The summed E-state index contributed by atoms with van der Waals surface area (Å²) in [6, 6.07) is 11.5. The van der Waals surface area contributed by atoms with Gasteiger partial charge in [-0.15, -0.1) is 0 Å². The first-order valence-corrected chi connectivity index (χ1v) is 7.80. The predicted molar refractivity (Wildman–Crippen MR) is 85.5 cm³/mol. The maximum Gasteiger partial charge on any atom is 0.216 e. The first-order valence-electron chi connectivity index (χ1n) is 7.80. The fraction of sp³-hybridized carbons (Fsp3) is 0.421. The normalized spacial score (nSPS) is 27.6. The van der Waals surface area contributed by atoms with E-state index in [1.165, 1.54) is 34.9 Å². The van der Waals surface area contributed by atoms with Crippen molar-refractivity contribution in [1.29, 1.82) is 0 Å². The molecular weight excluding hydrogens is 242 g/mol. The Kier molecular flexibility index (Phi) is 2.39. The van der Waals surface area contributed by atoms with Gasteiger partial charge in [-0.2, -0.15) is 0 Å². The Balaban J connectivity index is 2.19. The Hall–Kier alpha value is -1.63. The monoisotopic (exact) mass is 264 g/mol.